The van der Waals surface area contributed by atoms with Crippen LogP contribution in [0.3, 0.4) is 0 Å². The molecule has 0 aromatic heterocycles. The van der Waals surface area contributed by atoms with Gasteiger partial charge >= 0.3 is 6.03 Å². The molecule has 0 bridgehead atoms. The van der Waals surface area contributed by atoms with E-state index >= 15 is 0 Å². The van der Waals surface area contributed by atoms with E-state index < -0.39 is 6.03 Å². The van der Waals surface area contributed by atoms with E-state index in [2.05, 4.69) is 24.5 Å². The van der Waals surface area contributed by atoms with Crippen molar-refractivity contribution in [3.05, 3.63) is 0 Å². The van der Waals surface area contributed by atoms with Crippen LogP contribution in [0.25, 0.3) is 0 Å². The Bertz CT molecular complexity index is 294. The first-order valence-electron chi connectivity index (χ1n) is 6.45. The van der Waals surface area contributed by atoms with Crippen LogP contribution in [0.15, 0.2) is 0 Å². The highest BCUT2D eigenvalue weighted by Gasteiger charge is 2.22. The highest BCUT2D eigenvalue weighted by atomic mass is 16.3. The smallest absolute Gasteiger partial charge is 0.321 e. The zero-order valence-electron chi connectivity index (χ0n) is 11.1. The van der Waals surface area contributed by atoms with Crippen molar-refractivity contribution in [3.8, 4) is 0 Å². The number of amides is 3. The molecule has 1 aliphatic rings. The lowest BCUT2D eigenvalue weighted by Gasteiger charge is -2.14. The molecule has 3 N–H and O–H groups in total. The Morgan fingerprint density at radius 2 is 2.17 bits per heavy atom. The van der Waals surface area contributed by atoms with Gasteiger partial charge in [-0.1, -0.05) is 13.8 Å². The van der Waals surface area contributed by atoms with Gasteiger partial charge in [0.15, 0.2) is 0 Å². The van der Waals surface area contributed by atoms with Gasteiger partial charge in [0.25, 0.3) is 0 Å². The molecule has 1 fully saturated rings. The number of nitrogens with one attached hydrogen (secondary N) is 2. The summed E-state index contributed by atoms with van der Waals surface area (Å²) >= 11 is 0. The van der Waals surface area contributed by atoms with Crippen LogP contribution >= 0.6 is 0 Å². The van der Waals surface area contributed by atoms with Gasteiger partial charge in [-0.2, -0.15) is 0 Å². The fraction of sp³-hybridized carbons (Fsp3) is 0.833. The predicted octanol–water partition coefficient (Wildman–Crippen LogP) is -0.0751. The number of imide groups is 1. The molecule has 1 unspecified atom stereocenters. The van der Waals surface area contributed by atoms with Crippen molar-refractivity contribution in [2.75, 3.05) is 26.2 Å². The molecule has 1 heterocycles. The largest absolute Gasteiger partial charge is 0.392 e. The van der Waals surface area contributed by atoms with Crippen molar-refractivity contribution < 1.29 is 14.7 Å². The first kappa shape index (κ1) is 14.9. The average Bonchev–Trinajstić information content (AvgIpc) is 2.62. The molecule has 104 valence electrons. The van der Waals surface area contributed by atoms with Crippen LogP contribution in [0.1, 0.15) is 26.7 Å². The minimum Gasteiger partial charge on any atom is -0.392 e. The highest BCUT2D eigenvalue weighted by molar-refractivity contribution is 5.95. The predicted molar refractivity (Wildman–Crippen MR) is 68.1 cm³/mol. The SMILES string of the molecule is CC(C)CCNC(=O)NC(=O)CN1CCC(O)C1. The second kappa shape index (κ2) is 7.33. The fourth-order valence-electron chi connectivity index (χ4n) is 1.84. The van der Waals surface area contributed by atoms with Crippen LogP contribution in [-0.2, 0) is 4.79 Å². The Labute approximate surface area is 108 Å². The van der Waals surface area contributed by atoms with E-state index in [1.54, 1.807) is 0 Å². The summed E-state index contributed by atoms with van der Waals surface area (Å²) in [5.41, 5.74) is 0. The molecule has 0 spiro atoms. The number of hydrogen-bond donors (Lipinski definition) is 3. The number of carbonyl (C=O) groups excluding carboxylic acids is 2. The summed E-state index contributed by atoms with van der Waals surface area (Å²) in [4.78, 5) is 24.7. The number of carbonyl (C=O) groups is 2. The van der Waals surface area contributed by atoms with Gasteiger partial charge in [0.2, 0.25) is 5.91 Å². The molecular weight excluding hydrogens is 234 g/mol. The number of β-amino-alcohol motifs (C(OH)–C–C–N with tert-alkyl or cyclic N) is 1. The zero-order valence-corrected chi connectivity index (χ0v) is 11.1. The Hall–Kier alpha value is -1.14. The number of likely N-dealkylation sites (tertiary alicyclic amines) is 1. The van der Waals surface area contributed by atoms with Crippen LogP contribution in [0.4, 0.5) is 4.79 Å². The lowest BCUT2D eigenvalue weighted by molar-refractivity contribution is -0.121. The van der Waals surface area contributed by atoms with Gasteiger partial charge in [0, 0.05) is 19.6 Å². The normalized spacial score (nSPS) is 20.1. The summed E-state index contributed by atoms with van der Waals surface area (Å²) in [5.74, 6) is 0.193. The fourth-order valence-corrected chi connectivity index (χ4v) is 1.84. The van der Waals surface area contributed by atoms with Gasteiger partial charge in [-0.05, 0) is 18.8 Å². The molecular formula is C12H23N3O3. The number of urea groups is 1. The monoisotopic (exact) mass is 257 g/mol. The number of nitrogens with zero attached hydrogens (tertiary/aromatic N) is 1. The first-order valence-corrected chi connectivity index (χ1v) is 6.45. The van der Waals surface area contributed by atoms with Crippen LogP contribution in [0.5, 0.6) is 0 Å². The molecule has 1 saturated heterocycles. The molecule has 1 rings (SSSR count). The van der Waals surface area contributed by atoms with E-state index in [1.165, 1.54) is 0 Å². The summed E-state index contributed by atoms with van der Waals surface area (Å²) in [7, 11) is 0. The molecule has 0 saturated carbocycles. The topological polar surface area (TPSA) is 81.7 Å². The molecule has 0 aromatic carbocycles. The molecule has 6 nitrogen and oxygen atoms in total. The standard InChI is InChI=1S/C12H23N3O3/c1-9(2)3-5-13-12(18)14-11(17)8-15-6-4-10(16)7-15/h9-10,16H,3-8H2,1-2H3,(H2,13,14,17,18). The number of hydrogen-bond acceptors (Lipinski definition) is 4. The van der Waals surface area contributed by atoms with Crippen molar-refractivity contribution in [1.29, 1.82) is 0 Å². The summed E-state index contributed by atoms with van der Waals surface area (Å²) in [5, 5.41) is 14.2. The molecule has 6 heteroatoms. The third kappa shape index (κ3) is 5.97. The highest BCUT2D eigenvalue weighted by Crippen LogP contribution is 2.07. The summed E-state index contributed by atoms with van der Waals surface area (Å²) in [6, 6.07) is -0.444. The Morgan fingerprint density at radius 3 is 2.72 bits per heavy atom. The van der Waals surface area contributed by atoms with E-state index in [0.717, 1.165) is 6.42 Å². The van der Waals surface area contributed by atoms with E-state index in [1.807, 2.05) is 4.90 Å². The van der Waals surface area contributed by atoms with Gasteiger partial charge in [-0.3, -0.25) is 15.0 Å². The van der Waals surface area contributed by atoms with Crippen LogP contribution in [0, 0.1) is 5.92 Å². The minimum absolute atomic E-state index is 0.161. The van der Waals surface area contributed by atoms with Crippen LogP contribution < -0.4 is 10.6 Å². The van der Waals surface area contributed by atoms with E-state index in [9.17, 15) is 14.7 Å². The lowest BCUT2D eigenvalue weighted by atomic mass is 10.1. The molecule has 0 aliphatic carbocycles. The molecule has 3 amide bonds. The van der Waals surface area contributed by atoms with Crippen LogP contribution in [-0.4, -0.2) is 54.2 Å². The molecule has 0 radical (unpaired) electrons. The Morgan fingerprint density at radius 1 is 1.44 bits per heavy atom. The number of rotatable bonds is 5. The van der Waals surface area contributed by atoms with E-state index in [0.29, 0.717) is 32.0 Å². The summed E-state index contributed by atoms with van der Waals surface area (Å²) in [6.45, 7) is 6.08. The summed E-state index contributed by atoms with van der Waals surface area (Å²) in [6.07, 6.45) is 1.23. The maximum Gasteiger partial charge on any atom is 0.321 e. The third-order valence-corrected chi connectivity index (χ3v) is 2.87. The van der Waals surface area contributed by atoms with Crippen molar-refractivity contribution in [2.45, 2.75) is 32.8 Å². The molecule has 1 aliphatic heterocycles. The molecule has 1 atom stereocenters. The summed E-state index contributed by atoms with van der Waals surface area (Å²) < 4.78 is 0. The van der Waals surface area contributed by atoms with Crippen molar-refractivity contribution in [3.63, 3.8) is 0 Å². The number of aliphatic hydroxyl groups is 1. The van der Waals surface area contributed by atoms with Crippen molar-refractivity contribution >= 4 is 11.9 Å². The Kier molecular flexibility index (Phi) is 6.07. The molecule has 0 aromatic rings. The zero-order chi connectivity index (χ0) is 13.5. The number of aliphatic hydroxyl groups excluding tert-OH is 1. The maximum atomic E-state index is 11.5. The van der Waals surface area contributed by atoms with Gasteiger partial charge in [0.1, 0.15) is 0 Å². The van der Waals surface area contributed by atoms with Gasteiger partial charge in [0.05, 0.1) is 12.6 Å². The third-order valence-electron chi connectivity index (χ3n) is 2.87. The molecule has 18 heavy (non-hydrogen) atoms. The van der Waals surface area contributed by atoms with Crippen LogP contribution in [0.2, 0.25) is 0 Å². The van der Waals surface area contributed by atoms with Gasteiger partial charge in [-0.25, -0.2) is 4.79 Å². The quantitative estimate of drug-likeness (QED) is 0.643. The Balaban J connectivity index is 2.13. The lowest BCUT2D eigenvalue weighted by Crippen LogP contribution is -2.44. The van der Waals surface area contributed by atoms with Crippen molar-refractivity contribution in [1.82, 2.24) is 15.5 Å². The first-order chi connectivity index (χ1) is 8.47. The van der Waals surface area contributed by atoms with Gasteiger partial charge < -0.3 is 10.4 Å². The van der Waals surface area contributed by atoms with Crippen molar-refractivity contribution in [2.24, 2.45) is 5.92 Å². The maximum absolute atomic E-state index is 11.5. The van der Waals surface area contributed by atoms with Gasteiger partial charge in [-0.15, -0.1) is 0 Å². The van der Waals surface area contributed by atoms with E-state index in [4.69, 9.17) is 0 Å². The minimum atomic E-state index is -0.444. The average molecular weight is 257 g/mol. The second-order valence-corrected chi connectivity index (χ2v) is 5.16. The second-order valence-electron chi connectivity index (χ2n) is 5.16. The van der Waals surface area contributed by atoms with E-state index in [-0.39, 0.29) is 18.6 Å².